The van der Waals surface area contributed by atoms with Crippen molar-refractivity contribution in [3.05, 3.63) is 203 Å². The number of pyridine rings is 1. The molecule has 2 nitrogen and oxygen atoms in total. The van der Waals surface area contributed by atoms with Gasteiger partial charge in [0, 0.05) is 17.2 Å². The number of hydrogen-bond donors (Lipinski definition) is 1. The number of benzene rings is 9. The van der Waals surface area contributed by atoms with Crippen LogP contribution in [0.3, 0.4) is 0 Å². The van der Waals surface area contributed by atoms with E-state index in [0.29, 0.717) is 5.70 Å². The van der Waals surface area contributed by atoms with Crippen molar-refractivity contribution in [3.8, 4) is 89.0 Å². The Morgan fingerprint density at radius 1 is 0.478 bits per heavy atom. The van der Waals surface area contributed by atoms with Crippen molar-refractivity contribution in [2.45, 2.75) is 39.0 Å². The molecular formula is C65H46N2. The maximum absolute atomic E-state index is 6.37. The first-order chi connectivity index (χ1) is 32.9. The van der Waals surface area contributed by atoms with Crippen LogP contribution < -0.4 is 16.2 Å². The van der Waals surface area contributed by atoms with E-state index >= 15 is 0 Å². The molecule has 10 aromatic rings. The van der Waals surface area contributed by atoms with Crippen LogP contribution in [0.15, 0.2) is 176 Å². The zero-order valence-electron chi connectivity index (χ0n) is 37.8. The summed E-state index contributed by atoms with van der Waals surface area (Å²) < 4.78 is 0. The molecule has 0 saturated heterocycles. The average molecular weight is 855 g/mol. The minimum absolute atomic E-state index is 0.261. The number of nitrogens with zero attached hydrogens (tertiary/aromatic N) is 1. The molecule has 0 bridgehead atoms. The molecule has 4 aliphatic carbocycles. The van der Waals surface area contributed by atoms with Crippen molar-refractivity contribution in [1.29, 1.82) is 0 Å². The highest BCUT2D eigenvalue weighted by Gasteiger charge is 2.37. The van der Waals surface area contributed by atoms with Crippen molar-refractivity contribution in [3.63, 3.8) is 0 Å². The molecule has 14 rings (SSSR count). The van der Waals surface area contributed by atoms with Crippen molar-refractivity contribution in [2.75, 3.05) is 0 Å². The Labute approximate surface area is 390 Å². The number of rotatable bonds is 5. The van der Waals surface area contributed by atoms with Gasteiger partial charge in [-0.3, -0.25) is 4.98 Å². The first-order valence-electron chi connectivity index (χ1n) is 23.8. The zero-order valence-corrected chi connectivity index (χ0v) is 37.8. The molecule has 67 heavy (non-hydrogen) atoms. The van der Waals surface area contributed by atoms with Crippen LogP contribution >= 0.6 is 0 Å². The maximum atomic E-state index is 6.37. The number of nitrogens with two attached hydrogens (primary N) is 1. The van der Waals surface area contributed by atoms with Crippen molar-refractivity contribution in [1.82, 2.24) is 4.98 Å². The maximum Gasteiger partial charge on any atom is 0.0859 e. The minimum atomic E-state index is -0.261. The van der Waals surface area contributed by atoms with E-state index in [0.717, 1.165) is 29.7 Å². The highest BCUT2D eigenvalue weighted by atomic mass is 14.7. The Morgan fingerprint density at radius 3 is 1.52 bits per heavy atom. The first kappa shape index (κ1) is 38.2. The van der Waals surface area contributed by atoms with Crippen LogP contribution in [0.1, 0.15) is 50.4 Å². The van der Waals surface area contributed by atoms with E-state index in [9.17, 15) is 0 Å². The van der Waals surface area contributed by atoms with Gasteiger partial charge >= 0.3 is 0 Å². The Hall–Kier alpha value is -8.07. The van der Waals surface area contributed by atoms with Gasteiger partial charge in [0.2, 0.25) is 0 Å². The summed E-state index contributed by atoms with van der Waals surface area (Å²) in [5, 5.41) is 10.7. The molecule has 9 aromatic carbocycles. The molecule has 0 saturated carbocycles. The summed E-state index contributed by atoms with van der Waals surface area (Å²) in [6, 6.07) is 57.8. The second-order valence-electron chi connectivity index (χ2n) is 19.3. The third-order valence-electron chi connectivity index (χ3n) is 15.5. The molecule has 2 N–H and O–H groups in total. The summed E-state index contributed by atoms with van der Waals surface area (Å²) >= 11 is 0. The fourth-order valence-corrected chi connectivity index (χ4v) is 12.5. The van der Waals surface area contributed by atoms with Gasteiger partial charge in [0.25, 0.3) is 0 Å². The smallest absolute Gasteiger partial charge is 0.0859 e. The van der Waals surface area contributed by atoms with Gasteiger partial charge in [-0.15, -0.1) is 0 Å². The quantitative estimate of drug-likeness (QED) is 0.175. The Balaban J connectivity index is 1.06. The normalized spacial score (nSPS) is 14.5. The van der Waals surface area contributed by atoms with Gasteiger partial charge in [-0.05, 0) is 187 Å². The molecule has 0 atom stereocenters. The van der Waals surface area contributed by atoms with Crippen molar-refractivity contribution < 1.29 is 0 Å². The monoisotopic (exact) mass is 854 g/mol. The fraction of sp³-hybridized carbons (Fsp3) is 0.0923. The summed E-state index contributed by atoms with van der Waals surface area (Å²) in [5.41, 5.74) is 31.0. The molecule has 0 radical (unpaired) electrons. The van der Waals surface area contributed by atoms with E-state index in [4.69, 9.17) is 10.7 Å². The predicted molar refractivity (Wildman–Crippen MR) is 284 cm³/mol. The molecule has 316 valence electrons. The molecule has 4 aliphatic rings. The summed E-state index contributed by atoms with van der Waals surface area (Å²) in [7, 11) is 0. The van der Waals surface area contributed by atoms with Gasteiger partial charge in [0.15, 0.2) is 0 Å². The van der Waals surface area contributed by atoms with Crippen LogP contribution in [-0.2, 0) is 5.41 Å². The van der Waals surface area contributed by atoms with Gasteiger partial charge in [-0.25, -0.2) is 0 Å². The first-order valence-corrected chi connectivity index (χ1v) is 23.8. The molecule has 0 amide bonds. The van der Waals surface area contributed by atoms with Crippen molar-refractivity contribution >= 4 is 50.2 Å². The van der Waals surface area contributed by atoms with E-state index in [2.05, 4.69) is 172 Å². The summed E-state index contributed by atoms with van der Waals surface area (Å²) in [6.45, 7) is 6.82. The topological polar surface area (TPSA) is 38.9 Å². The van der Waals surface area contributed by atoms with Gasteiger partial charge in [-0.1, -0.05) is 166 Å². The molecule has 0 aliphatic heterocycles. The SMILES string of the molecule is C/C=C\C=C(/N)c1ccc(-c2ccc3c(c2)C(C)(C)c2cc4c(-c5ccc6c7c(cccc57)-c5ccccc5-6)c5c(c(-c6ccc7c8c(cccc68)-c6ccccc6-7)c4cc2-3)=CCCC=5)cn1. The lowest BCUT2D eigenvalue weighted by atomic mass is 9.78. The van der Waals surface area contributed by atoms with Crippen molar-refractivity contribution in [2.24, 2.45) is 5.73 Å². The number of allylic oxidation sites excluding steroid dienone is 3. The lowest BCUT2D eigenvalue weighted by Gasteiger charge is -2.24. The number of hydrogen-bond acceptors (Lipinski definition) is 2. The molecule has 1 aromatic heterocycles. The van der Waals surface area contributed by atoms with E-state index in [1.54, 1.807) is 0 Å². The van der Waals surface area contributed by atoms with E-state index in [1.807, 2.05) is 37.4 Å². The van der Waals surface area contributed by atoms with Gasteiger partial charge < -0.3 is 5.73 Å². The summed E-state index contributed by atoms with van der Waals surface area (Å²) in [5.74, 6) is 0. The second kappa shape index (κ2) is 14.0. The highest BCUT2D eigenvalue weighted by Crippen LogP contribution is 2.55. The second-order valence-corrected chi connectivity index (χ2v) is 19.3. The van der Waals surface area contributed by atoms with Crippen LogP contribution in [0.4, 0.5) is 0 Å². The summed E-state index contributed by atoms with van der Waals surface area (Å²) in [4.78, 5) is 4.79. The molecule has 0 spiro atoms. The van der Waals surface area contributed by atoms with Gasteiger partial charge in [0.05, 0.1) is 11.4 Å². The lowest BCUT2D eigenvalue weighted by molar-refractivity contribution is 0.661. The molecule has 0 unspecified atom stereocenters. The third kappa shape index (κ3) is 5.24. The van der Waals surface area contributed by atoms with Crippen LogP contribution in [0.25, 0.3) is 139 Å². The van der Waals surface area contributed by atoms with Crippen LogP contribution in [0.2, 0.25) is 0 Å². The van der Waals surface area contributed by atoms with Gasteiger partial charge in [0.1, 0.15) is 0 Å². The van der Waals surface area contributed by atoms with E-state index in [1.165, 1.54) is 132 Å². The predicted octanol–water partition coefficient (Wildman–Crippen LogP) is 15.4. The minimum Gasteiger partial charge on any atom is -0.397 e. The van der Waals surface area contributed by atoms with Crippen LogP contribution in [-0.4, -0.2) is 4.98 Å². The summed E-state index contributed by atoms with van der Waals surface area (Å²) in [6.07, 6.45) is 14.9. The van der Waals surface area contributed by atoms with Crippen LogP contribution in [0, 0.1) is 0 Å². The Morgan fingerprint density at radius 2 is 0.970 bits per heavy atom. The third-order valence-corrected chi connectivity index (χ3v) is 15.5. The largest absolute Gasteiger partial charge is 0.397 e. The Bertz CT molecular complexity index is 4010. The molecule has 0 fully saturated rings. The van der Waals surface area contributed by atoms with E-state index < -0.39 is 0 Å². The molecule has 2 heteroatoms. The zero-order chi connectivity index (χ0) is 44.7. The lowest BCUT2D eigenvalue weighted by Crippen LogP contribution is -2.31. The number of aromatic nitrogens is 1. The number of fused-ring (bicyclic) bond motifs is 11. The van der Waals surface area contributed by atoms with Gasteiger partial charge in [-0.2, -0.15) is 0 Å². The van der Waals surface area contributed by atoms with Crippen LogP contribution in [0.5, 0.6) is 0 Å². The fourth-order valence-electron chi connectivity index (χ4n) is 12.5. The molecular weight excluding hydrogens is 809 g/mol. The molecule has 1 heterocycles. The standard InChI is InChI=1S/C65H46N2/c1-4-5-24-59(66)60-32-26-38(36-67-60)37-25-27-43-54-34-55-56(35-58(54)65(2,3)57(43)33-37)64(53-31-29-51-42-17-9-7-15-40(42)45-21-13-23-49(53)62(45)51)47-19-11-10-18-46(47)63(55)52-30-28-50-41-16-8-6-14-39(41)44-20-12-22-48(52)61(44)50/h4-9,12-36H,10-11,66H2,1-3H3/b5-4-,59-24-. The average Bonchev–Trinajstić information content (AvgIpc) is 3.96. The Kier molecular flexibility index (Phi) is 7.97. The highest BCUT2D eigenvalue weighted by molar-refractivity contribution is 6.23. The van der Waals surface area contributed by atoms with E-state index in [-0.39, 0.29) is 5.41 Å².